The molecule has 12 heteroatoms. The molecule has 0 saturated heterocycles. The molecule has 0 unspecified atom stereocenters. The third kappa shape index (κ3) is 6.42. The van der Waals surface area contributed by atoms with E-state index in [9.17, 15) is 24.5 Å². The monoisotopic (exact) mass is 442 g/mol. The summed E-state index contributed by atoms with van der Waals surface area (Å²) in [6.45, 7) is -1.20. The van der Waals surface area contributed by atoms with Crippen molar-refractivity contribution in [1.29, 1.82) is 5.26 Å². The molecule has 2 amide bonds. The van der Waals surface area contributed by atoms with Gasteiger partial charge in [-0.15, -0.1) is 0 Å². The Morgan fingerprint density at radius 3 is 2.31 bits per heavy atom. The molecule has 0 saturated carbocycles. The summed E-state index contributed by atoms with van der Waals surface area (Å²) in [4.78, 5) is 46.1. The third-order valence-electron chi connectivity index (χ3n) is 3.98. The Labute approximate surface area is 181 Å². The molecule has 0 bridgehead atoms. The molecule has 0 aliphatic carbocycles. The van der Waals surface area contributed by atoms with Gasteiger partial charge in [-0.2, -0.15) is 5.26 Å². The second kappa shape index (κ2) is 10.9. The first-order valence-corrected chi connectivity index (χ1v) is 8.92. The summed E-state index contributed by atoms with van der Waals surface area (Å²) in [5.41, 5.74) is -0.219. The van der Waals surface area contributed by atoms with E-state index in [1.54, 1.807) is 12.1 Å². The highest BCUT2D eigenvalue weighted by Crippen LogP contribution is 2.23. The van der Waals surface area contributed by atoms with Gasteiger partial charge in [0.25, 0.3) is 17.5 Å². The number of hydrogen-bond acceptors (Lipinski definition) is 9. The van der Waals surface area contributed by atoms with E-state index in [0.29, 0.717) is 11.5 Å². The van der Waals surface area contributed by atoms with Gasteiger partial charge in [-0.3, -0.25) is 24.5 Å². The van der Waals surface area contributed by atoms with E-state index in [2.05, 4.69) is 10.6 Å². The van der Waals surface area contributed by atoms with Crippen LogP contribution in [-0.2, 0) is 14.3 Å². The Bertz CT molecular complexity index is 1070. The van der Waals surface area contributed by atoms with E-state index >= 15 is 0 Å². The smallest absolute Gasteiger partial charge is 0.325 e. The van der Waals surface area contributed by atoms with Gasteiger partial charge in [0.05, 0.1) is 30.4 Å². The Balaban J connectivity index is 1.87. The number of nitro benzene ring substituents is 1. The topological polar surface area (TPSA) is 170 Å². The number of ether oxygens (including phenoxy) is 3. The third-order valence-corrected chi connectivity index (χ3v) is 3.98. The highest BCUT2D eigenvalue weighted by molar-refractivity contribution is 5.97. The fraction of sp³-hybridized carbons (Fsp3) is 0.200. The molecule has 0 atom stereocenters. The lowest BCUT2D eigenvalue weighted by Gasteiger charge is -2.10. The molecule has 32 heavy (non-hydrogen) atoms. The first kappa shape index (κ1) is 23.6. The number of nitrogens with one attached hydrogen (secondary N) is 2. The van der Waals surface area contributed by atoms with Gasteiger partial charge < -0.3 is 24.8 Å². The van der Waals surface area contributed by atoms with Gasteiger partial charge in [0.15, 0.2) is 6.61 Å². The normalized spacial score (nSPS) is 9.78. The fourth-order valence-corrected chi connectivity index (χ4v) is 2.42. The summed E-state index contributed by atoms with van der Waals surface area (Å²) < 4.78 is 14.9. The lowest BCUT2D eigenvalue weighted by molar-refractivity contribution is -0.384. The van der Waals surface area contributed by atoms with Gasteiger partial charge in [-0.1, -0.05) is 0 Å². The average molecular weight is 442 g/mol. The van der Waals surface area contributed by atoms with Crippen molar-refractivity contribution in [3.8, 4) is 17.6 Å². The number of carbonyl (C=O) groups is 3. The molecule has 166 valence electrons. The molecule has 12 nitrogen and oxygen atoms in total. The van der Waals surface area contributed by atoms with Crippen LogP contribution in [0.3, 0.4) is 0 Å². The first-order chi connectivity index (χ1) is 15.3. The van der Waals surface area contributed by atoms with Crippen LogP contribution in [0.4, 0.5) is 11.4 Å². The van der Waals surface area contributed by atoms with E-state index in [1.807, 2.05) is 0 Å². The minimum atomic E-state index is -0.882. The van der Waals surface area contributed by atoms with Crippen molar-refractivity contribution < 1.29 is 33.5 Å². The predicted molar refractivity (Wildman–Crippen MR) is 109 cm³/mol. The molecular formula is C20H18N4O8. The number of esters is 1. The van der Waals surface area contributed by atoms with E-state index in [-0.39, 0.29) is 22.5 Å². The number of amides is 2. The van der Waals surface area contributed by atoms with Crippen molar-refractivity contribution in [2.75, 3.05) is 32.7 Å². The number of nitrogens with zero attached hydrogens (tertiary/aromatic N) is 2. The Kier molecular flexibility index (Phi) is 8.07. The first-order valence-electron chi connectivity index (χ1n) is 8.92. The highest BCUT2D eigenvalue weighted by Gasteiger charge is 2.15. The summed E-state index contributed by atoms with van der Waals surface area (Å²) in [6, 6.07) is 9.53. The number of non-ortho nitro benzene ring substituents is 1. The van der Waals surface area contributed by atoms with Crippen molar-refractivity contribution in [3.63, 3.8) is 0 Å². The maximum atomic E-state index is 12.2. The number of nitriles is 1. The van der Waals surface area contributed by atoms with E-state index in [4.69, 9.17) is 19.5 Å². The molecule has 2 rings (SSSR count). The molecule has 0 fully saturated rings. The number of methoxy groups -OCH3 is 2. The number of benzene rings is 2. The van der Waals surface area contributed by atoms with Crippen LogP contribution in [0.25, 0.3) is 0 Å². The molecule has 2 aromatic carbocycles. The number of anilines is 1. The van der Waals surface area contributed by atoms with Crippen molar-refractivity contribution in [1.82, 2.24) is 5.32 Å². The summed E-state index contributed by atoms with van der Waals surface area (Å²) in [5, 5.41) is 24.5. The minimum absolute atomic E-state index is 0.0272. The standard InChI is InChI=1S/C20H18N4O8/c1-30-15-6-12(7-16(8-15)31-2)20(27)22-10-19(26)32-11-18(25)23-17-4-3-14(24(28)29)5-13(17)9-21/h3-8H,10-11H2,1-2H3,(H,22,27)(H,23,25). The van der Waals surface area contributed by atoms with Crippen molar-refractivity contribution in [2.45, 2.75) is 0 Å². The quantitative estimate of drug-likeness (QED) is 0.331. The number of rotatable bonds is 9. The largest absolute Gasteiger partial charge is 0.497 e. The molecule has 2 N–H and O–H groups in total. The lowest BCUT2D eigenvalue weighted by atomic mass is 10.1. The van der Waals surface area contributed by atoms with Gasteiger partial charge >= 0.3 is 5.97 Å². The van der Waals surface area contributed by atoms with E-state index in [0.717, 1.165) is 12.1 Å². The Morgan fingerprint density at radius 1 is 1.09 bits per heavy atom. The summed E-state index contributed by atoms with van der Waals surface area (Å²) in [6.07, 6.45) is 0. The van der Waals surface area contributed by atoms with Gasteiger partial charge in [0.1, 0.15) is 24.1 Å². The zero-order chi connectivity index (χ0) is 23.7. The molecule has 2 aromatic rings. The predicted octanol–water partition coefficient (Wildman–Crippen LogP) is 1.40. The molecule has 0 aliphatic heterocycles. The van der Waals surface area contributed by atoms with Crippen LogP contribution < -0.4 is 20.1 Å². The summed E-state index contributed by atoms with van der Waals surface area (Å²) in [7, 11) is 2.85. The lowest BCUT2D eigenvalue weighted by Crippen LogP contribution is -2.32. The number of carbonyl (C=O) groups excluding carboxylic acids is 3. The molecule has 0 heterocycles. The molecule has 0 radical (unpaired) electrons. The van der Waals surface area contributed by atoms with Gasteiger partial charge in [-0.05, 0) is 18.2 Å². The zero-order valence-corrected chi connectivity index (χ0v) is 17.0. The summed E-state index contributed by atoms with van der Waals surface area (Å²) in [5.74, 6) is -1.47. The zero-order valence-electron chi connectivity index (χ0n) is 17.0. The maximum Gasteiger partial charge on any atom is 0.325 e. The van der Waals surface area contributed by atoms with Gasteiger partial charge in [0.2, 0.25) is 0 Å². The second-order valence-corrected chi connectivity index (χ2v) is 6.09. The van der Waals surface area contributed by atoms with Crippen molar-refractivity contribution in [3.05, 3.63) is 57.6 Å². The number of nitro groups is 1. The van der Waals surface area contributed by atoms with Crippen LogP contribution in [0.1, 0.15) is 15.9 Å². The SMILES string of the molecule is COc1cc(OC)cc(C(=O)NCC(=O)OCC(=O)Nc2ccc([N+](=O)[O-])cc2C#N)c1. The fourth-order valence-electron chi connectivity index (χ4n) is 2.42. The van der Waals surface area contributed by atoms with Crippen LogP contribution in [-0.4, -0.2) is 50.1 Å². The number of hydrogen-bond donors (Lipinski definition) is 2. The van der Waals surface area contributed by atoms with Crippen LogP contribution in [0.2, 0.25) is 0 Å². The maximum absolute atomic E-state index is 12.2. The van der Waals surface area contributed by atoms with Crippen LogP contribution in [0.15, 0.2) is 36.4 Å². The minimum Gasteiger partial charge on any atom is -0.497 e. The molecule has 0 spiro atoms. The van der Waals surface area contributed by atoms with Crippen LogP contribution in [0.5, 0.6) is 11.5 Å². The highest BCUT2D eigenvalue weighted by atomic mass is 16.6. The van der Waals surface area contributed by atoms with Gasteiger partial charge in [0, 0.05) is 23.8 Å². The van der Waals surface area contributed by atoms with Crippen LogP contribution >= 0.6 is 0 Å². The van der Waals surface area contributed by atoms with E-state index < -0.39 is 35.9 Å². The Morgan fingerprint density at radius 2 is 1.75 bits per heavy atom. The van der Waals surface area contributed by atoms with Gasteiger partial charge in [-0.25, -0.2) is 0 Å². The second-order valence-electron chi connectivity index (χ2n) is 6.09. The molecule has 0 aliphatic rings. The van der Waals surface area contributed by atoms with Crippen molar-refractivity contribution >= 4 is 29.2 Å². The molecular weight excluding hydrogens is 424 g/mol. The Hall–Kier alpha value is -4.66. The molecule has 0 aromatic heterocycles. The summed E-state index contributed by atoms with van der Waals surface area (Å²) >= 11 is 0. The average Bonchev–Trinajstić information content (AvgIpc) is 2.80. The van der Waals surface area contributed by atoms with Crippen LogP contribution in [0, 0.1) is 21.4 Å². The van der Waals surface area contributed by atoms with E-state index in [1.165, 1.54) is 32.4 Å². The van der Waals surface area contributed by atoms with Crippen molar-refractivity contribution in [2.24, 2.45) is 0 Å².